The number of ketones is 1. The zero-order valence-corrected chi connectivity index (χ0v) is 16.7. The number of nitrogens with zero attached hydrogens (tertiary/aromatic N) is 3. The van der Waals surface area contributed by atoms with Crippen LogP contribution in [0.15, 0.2) is 59.8 Å². The van der Waals surface area contributed by atoms with Crippen molar-refractivity contribution in [2.75, 3.05) is 12.4 Å². The van der Waals surface area contributed by atoms with E-state index in [1.807, 2.05) is 41.8 Å². The fourth-order valence-electron chi connectivity index (χ4n) is 2.68. The summed E-state index contributed by atoms with van der Waals surface area (Å²) in [4.78, 5) is 11.3. The van der Waals surface area contributed by atoms with Crippen molar-refractivity contribution >= 4 is 17.5 Å². The van der Waals surface area contributed by atoms with Gasteiger partial charge in [-0.15, -0.1) is 10.2 Å². The molecule has 1 heterocycles. The van der Waals surface area contributed by atoms with Crippen molar-refractivity contribution in [1.29, 1.82) is 0 Å². The maximum Gasteiger partial charge on any atom is 0.191 e. The summed E-state index contributed by atoms with van der Waals surface area (Å²) >= 11 is 1.45. The van der Waals surface area contributed by atoms with E-state index >= 15 is 0 Å². The average Bonchev–Trinajstić information content (AvgIpc) is 3.14. The molecule has 3 rings (SSSR count). The maximum absolute atomic E-state index is 11.3. The number of thioether (sulfide) groups is 1. The normalized spacial score (nSPS) is 12.0. The van der Waals surface area contributed by atoms with Crippen molar-refractivity contribution in [2.24, 2.45) is 0 Å². The molecule has 146 valence electrons. The second-order valence-electron chi connectivity index (χ2n) is 6.27. The lowest BCUT2D eigenvalue weighted by molar-refractivity contribution is 0.101. The van der Waals surface area contributed by atoms with Gasteiger partial charge in [-0.3, -0.25) is 4.79 Å². The van der Waals surface area contributed by atoms with Crippen LogP contribution in [0.2, 0.25) is 0 Å². The maximum atomic E-state index is 11.3. The largest absolute Gasteiger partial charge is 0.491 e. The van der Waals surface area contributed by atoms with Gasteiger partial charge in [0.25, 0.3) is 0 Å². The van der Waals surface area contributed by atoms with E-state index in [4.69, 9.17) is 4.74 Å². The molecule has 7 heteroatoms. The Hall–Kier alpha value is -2.64. The number of carbonyl (C=O) groups excluding carboxylic acids is 1. The van der Waals surface area contributed by atoms with E-state index in [0.717, 1.165) is 23.1 Å². The van der Waals surface area contributed by atoms with Crippen LogP contribution in [0.4, 0.5) is 0 Å². The Morgan fingerprint density at radius 2 is 1.86 bits per heavy atom. The molecule has 0 radical (unpaired) electrons. The van der Waals surface area contributed by atoms with Gasteiger partial charge in [-0.05, 0) is 38.1 Å². The summed E-state index contributed by atoms with van der Waals surface area (Å²) < 4.78 is 7.64. The molecule has 28 heavy (non-hydrogen) atoms. The fourth-order valence-corrected chi connectivity index (χ4v) is 3.59. The van der Waals surface area contributed by atoms with Crippen molar-refractivity contribution in [3.8, 4) is 17.1 Å². The number of hydrogen-bond acceptors (Lipinski definition) is 6. The fraction of sp³-hybridized carbons (Fsp3) is 0.286. The molecule has 0 spiro atoms. The minimum Gasteiger partial charge on any atom is -0.491 e. The summed E-state index contributed by atoms with van der Waals surface area (Å²) in [6.07, 6.45) is -0.653. The van der Waals surface area contributed by atoms with Crippen LogP contribution >= 0.6 is 11.8 Å². The van der Waals surface area contributed by atoms with Gasteiger partial charge in [-0.1, -0.05) is 42.1 Å². The number of aliphatic hydroxyl groups excluding tert-OH is 1. The topological polar surface area (TPSA) is 77.2 Å². The van der Waals surface area contributed by atoms with E-state index in [0.29, 0.717) is 17.1 Å². The first-order valence-corrected chi connectivity index (χ1v) is 10.1. The molecule has 0 saturated carbocycles. The van der Waals surface area contributed by atoms with Gasteiger partial charge in [0, 0.05) is 23.4 Å². The lowest BCUT2D eigenvalue weighted by Crippen LogP contribution is -2.20. The van der Waals surface area contributed by atoms with Gasteiger partial charge in [-0.2, -0.15) is 0 Å². The van der Waals surface area contributed by atoms with E-state index in [2.05, 4.69) is 10.2 Å². The molecular formula is C21H23N3O3S. The molecule has 2 aromatic carbocycles. The summed E-state index contributed by atoms with van der Waals surface area (Å²) in [5, 5.41) is 19.6. The van der Waals surface area contributed by atoms with Crippen molar-refractivity contribution in [1.82, 2.24) is 14.8 Å². The Bertz CT molecular complexity index is 910. The van der Waals surface area contributed by atoms with Crippen molar-refractivity contribution in [3.05, 3.63) is 60.2 Å². The predicted octanol–water partition coefficient (Wildman–Crippen LogP) is 3.70. The molecule has 0 fully saturated rings. The second kappa shape index (κ2) is 9.52. The van der Waals surface area contributed by atoms with E-state index in [1.165, 1.54) is 18.7 Å². The third-order valence-electron chi connectivity index (χ3n) is 4.17. The molecule has 3 aromatic rings. The molecule has 0 amide bonds. The lowest BCUT2D eigenvalue weighted by atomic mass is 10.1. The first-order chi connectivity index (χ1) is 13.6. The Morgan fingerprint density at radius 1 is 1.14 bits per heavy atom. The highest BCUT2D eigenvalue weighted by Crippen LogP contribution is 2.24. The number of benzene rings is 2. The van der Waals surface area contributed by atoms with Crippen molar-refractivity contribution in [2.45, 2.75) is 31.7 Å². The summed E-state index contributed by atoms with van der Waals surface area (Å²) in [5.41, 5.74) is 1.65. The van der Waals surface area contributed by atoms with Crippen LogP contribution in [0.5, 0.6) is 5.75 Å². The molecule has 0 aliphatic heterocycles. The molecule has 1 aromatic heterocycles. The van der Waals surface area contributed by atoms with Crippen LogP contribution in [-0.4, -0.2) is 44.1 Å². The summed E-state index contributed by atoms with van der Waals surface area (Å²) in [6.45, 7) is 4.48. The minimum absolute atomic E-state index is 0.0119. The van der Waals surface area contributed by atoms with E-state index in [1.54, 1.807) is 24.3 Å². The monoisotopic (exact) mass is 397 g/mol. The van der Waals surface area contributed by atoms with Gasteiger partial charge in [-0.25, -0.2) is 0 Å². The summed E-state index contributed by atoms with van der Waals surface area (Å²) in [5.74, 6) is 1.90. The van der Waals surface area contributed by atoms with Gasteiger partial charge < -0.3 is 14.4 Å². The Morgan fingerprint density at radius 3 is 2.50 bits per heavy atom. The molecule has 0 bridgehead atoms. The zero-order valence-electron chi connectivity index (χ0n) is 15.9. The van der Waals surface area contributed by atoms with Crippen LogP contribution in [0.25, 0.3) is 11.4 Å². The lowest BCUT2D eigenvalue weighted by Gasteiger charge is -2.13. The van der Waals surface area contributed by atoms with Gasteiger partial charge >= 0.3 is 0 Å². The second-order valence-corrected chi connectivity index (χ2v) is 7.26. The quantitative estimate of drug-likeness (QED) is 0.438. The number of hydrogen-bond donors (Lipinski definition) is 1. The molecule has 1 atom stereocenters. The first kappa shape index (κ1) is 20.1. The number of rotatable bonds is 9. The van der Waals surface area contributed by atoms with Gasteiger partial charge in [0.2, 0.25) is 0 Å². The van der Waals surface area contributed by atoms with Gasteiger partial charge in [0.1, 0.15) is 12.4 Å². The van der Waals surface area contributed by atoms with Crippen molar-refractivity contribution in [3.63, 3.8) is 0 Å². The molecule has 0 aliphatic rings. The van der Waals surface area contributed by atoms with Gasteiger partial charge in [0.15, 0.2) is 16.8 Å². The zero-order chi connectivity index (χ0) is 19.9. The number of aromatic nitrogens is 3. The summed E-state index contributed by atoms with van der Waals surface area (Å²) in [7, 11) is 0. The van der Waals surface area contributed by atoms with Gasteiger partial charge in [0.05, 0.1) is 6.10 Å². The molecule has 1 N–H and O–H groups in total. The van der Waals surface area contributed by atoms with E-state index < -0.39 is 6.10 Å². The Kier molecular flexibility index (Phi) is 6.84. The average molecular weight is 398 g/mol. The molecule has 0 saturated heterocycles. The molecule has 0 aliphatic carbocycles. The van der Waals surface area contributed by atoms with E-state index in [-0.39, 0.29) is 12.4 Å². The SMILES string of the molecule is CCn1c(SC[C@H](O)COc2ccc(C(C)=O)cc2)nnc1-c1ccccc1. The molecule has 6 nitrogen and oxygen atoms in total. The third-order valence-corrected chi connectivity index (χ3v) is 5.28. The Labute approximate surface area is 168 Å². The third kappa shape index (κ3) is 4.99. The number of aliphatic hydroxyl groups is 1. The standard InChI is InChI=1S/C21H23N3O3S/c1-3-24-20(17-7-5-4-6-8-17)22-23-21(24)28-14-18(26)13-27-19-11-9-16(10-12-19)15(2)25/h4-12,18,26H,3,13-14H2,1-2H3/t18-/m1/s1. The smallest absolute Gasteiger partial charge is 0.191 e. The summed E-state index contributed by atoms with van der Waals surface area (Å²) in [6, 6.07) is 16.8. The van der Waals surface area contributed by atoms with Crippen LogP contribution in [0.3, 0.4) is 0 Å². The molecular weight excluding hydrogens is 374 g/mol. The number of carbonyl (C=O) groups is 1. The van der Waals surface area contributed by atoms with E-state index in [9.17, 15) is 9.90 Å². The van der Waals surface area contributed by atoms with Crippen molar-refractivity contribution < 1.29 is 14.6 Å². The highest BCUT2D eigenvalue weighted by atomic mass is 32.2. The van der Waals surface area contributed by atoms with Crippen LogP contribution in [0, 0.1) is 0 Å². The van der Waals surface area contributed by atoms with Crippen LogP contribution < -0.4 is 4.74 Å². The highest BCUT2D eigenvalue weighted by Gasteiger charge is 2.15. The number of Topliss-reactive ketones (excluding diaryl/α,β-unsaturated/α-hetero) is 1. The minimum atomic E-state index is -0.653. The molecule has 0 unspecified atom stereocenters. The number of ether oxygens (including phenoxy) is 1. The van der Waals surface area contributed by atoms with Crippen LogP contribution in [-0.2, 0) is 6.54 Å². The predicted molar refractivity (Wildman–Crippen MR) is 110 cm³/mol. The first-order valence-electron chi connectivity index (χ1n) is 9.11. The highest BCUT2D eigenvalue weighted by molar-refractivity contribution is 7.99. The van der Waals surface area contributed by atoms with Crippen LogP contribution in [0.1, 0.15) is 24.2 Å². The Balaban J connectivity index is 1.55.